The lowest BCUT2D eigenvalue weighted by atomic mass is 9.97. The molecule has 134 valence electrons. The van der Waals surface area contributed by atoms with Crippen LogP contribution in [0.25, 0.3) is 0 Å². The van der Waals surface area contributed by atoms with Gasteiger partial charge in [-0.05, 0) is 43.9 Å². The van der Waals surface area contributed by atoms with Gasteiger partial charge in [0.1, 0.15) is 0 Å². The molecule has 5 nitrogen and oxygen atoms in total. The van der Waals surface area contributed by atoms with Crippen LogP contribution in [0, 0.1) is 0 Å². The molecular formula is C19H30N2O3. The van der Waals surface area contributed by atoms with Crippen LogP contribution >= 0.6 is 0 Å². The summed E-state index contributed by atoms with van der Waals surface area (Å²) in [5.41, 5.74) is 6.25. The van der Waals surface area contributed by atoms with Crippen molar-refractivity contribution in [1.29, 1.82) is 0 Å². The molecule has 3 N–H and O–H groups in total. The van der Waals surface area contributed by atoms with Crippen molar-refractivity contribution in [2.75, 3.05) is 19.8 Å². The molecule has 0 aliphatic heterocycles. The number of hydrogen-bond donors (Lipinski definition) is 2. The Balaban J connectivity index is 2.14. The van der Waals surface area contributed by atoms with Crippen LogP contribution in [0.15, 0.2) is 18.2 Å². The van der Waals surface area contributed by atoms with Crippen molar-refractivity contribution in [2.45, 2.75) is 57.9 Å². The molecule has 0 unspecified atom stereocenters. The Labute approximate surface area is 144 Å². The lowest BCUT2D eigenvalue weighted by Gasteiger charge is -2.28. The van der Waals surface area contributed by atoms with Gasteiger partial charge in [0, 0.05) is 12.1 Å². The zero-order valence-corrected chi connectivity index (χ0v) is 14.9. The summed E-state index contributed by atoms with van der Waals surface area (Å²) >= 11 is 0. The number of rotatable bonds is 9. The van der Waals surface area contributed by atoms with Gasteiger partial charge in [-0.15, -0.1) is 0 Å². The van der Waals surface area contributed by atoms with Gasteiger partial charge in [-0.1, -0.05) is 26.7 Å². The van der Waals surface area contributed by atoms with E-state index in [-0.39, 0.29) is 11.4 Å². The van der Waals surface area contributed by atoms with E-state index in [1.54, 1.807) is 12.1 Å². The Kier molecular flexibility index (Phi) is 6.91. The van der Waals surface area contributed by atoms with Gasteiger partial charge in [0.05, 0.1) is 18.8 Å². The van der Waals surface area contributed by atoms with Gasteiger partial charge in [0.2, 0.25) is 0 Å². The summed E-state index contributed by atoms with van der Waals surface area (Å²) in [5.74, 6) is 1.23. The molecule has 1 aliphatic carbocycles. The molecule has 0 heterocycles. The highest BCUT2D eigenvalue weighted by molar-refractivity contribution is 5.95. The van der Waals surface area contributed by atoms with Crippen molar-refractivity contribution in [2.24, 2.45) is 5.73 Å². The second kappa shape index (κ2) is 8.92. The first-order chi connectivity index (χ1) is 11.6. The van der Waals surface area contributed by atoms with Crippen molar-refractivity contribution < 1.29 is 14.3 Å². The van der Waals surface area contributed by atoms with Crippen molar-refractivity contribution >= 4 is 5.91 Å². The lowest BCUT2D eigenvalue weighted by molar-refractivity contribution is 0.0902. The van der Waals surface area contributed by atoms with Crippen molar-refractivity contribution in [3.8, 4) is 11.5 Å². The summed E-state index contributed by atoms with van der Waals surface area (Å²) in [5, 5.41) is 3.14. The van der Waals surface area contributed by atoms with Crippen molar-refractivity contribution in [1.82, 2.24) is 5.32 Å². The number of carbonyl (C=O) groups excluding carboxylic acids is 1. The predicted octanol–water partition coefficient (Wildman–Crippen LogP) is 3.27. The molecule has 0 aromatic heterocycles. The van der Waals surface area contributed by atoms with E-state index in [4.69, 9.17) is 15.2 Å². The van der Waals surface area contributed by atoms with Crippen LogP contribution in [0.3, 0.4) is 0 Å². The standard InChI is InChI=1S/C19H30N2O3/c1-3-11-23-16-8-7-15(13-17(16)24-12-4-2)18(22)21-19(14-20)9-5-6-10-19/h7-8,13H,3-6,9-12,14,20H2,1-2H3,(H,21,22). The van der Waals surface area contributed by atoms with E-state index in [0.717, 1.165) is 38.5 Å². The normalized spacial score (nSPS) is 16.0. The lowest BCUT2D eigenvalue weighted by Crippen LogP contribution is -2.51. The molecule has 0 bridgehead atoms. The molecule has 1 amide bonds. The second-order valence-corrected chi connectivity index (χ2v) is 6.50. The first-order valence-corrected chi connectivity index (χ1v) is 9.06. The Bertz CT molecular complexity index is 539. The van der Waals surface area contributed by atoms with E-state index in [0.29, 0.717) is 36.8 Å². The zero-order chi connectivity index (χ0) is 17.4. The van der Waals surface area contributed by atoms with Gasteiger partial charge in [0.25, 0.3) is 5.91 Å². The molecule has 1 aromatic rings. The molecular weight excluding hydrogens is 304 g/mol. The number of nitrogens with two attached hydrogens (primary N) is 1. The number of ether oxygens (including phenoxy) is 2. The molecule has 0 saturated heterocycles. The summed E-state index contributed by atoms with van der Waals surface area (Å²) in [6.07, 6.45) is 5.96. The van der Waals surface area contributed by atoms with Crippen LogP contribution in [0.2, 0.25) is 0 Å². The van der Waals surface area contributed by atoms with Gasteiger partial charge in [-0.3, -0.25) is 4.79 Å². The number of hydrogen-bond acceptors (Lipinski definition) is 4. The fourth-order valence-corrected chi connectivity index (χ4v) is 3.05. The molecule has 1 aromatic carbocycles. The monoisotopic (exact) mass is 334 g/mol. The highest BCUT2D eigenvalue weighted by Crippen LogP contribution is 2.31. The first-order valence-electron chi connectivity index (χ1n) is 9.06. The van der Waals surface area contributed by atoms with E-state index >= 15 is 0 Å². The molecule has 5 heteroatoms. The number of benzene rings is 1. The number of carbonyl (C=O) groups is 1. The fourth-order valence-electron chi connectivity index (χ4n) is 3.05. The van der Waals surface area contributed by atoms with E-state index in [1.165, 1.54) is 0 Å². The third kappa shape index (κ3) is 4.63. The van der Waals surface area contributed by atoms with Crippen molar-refractivity contribution in [3.05, 3.63) is 23.8 Å². The molecule has 1 aliphatic rings. The second-order valence-electron chi connectivity index (χ2n) is 6.50. The molecule has 0 radical (unpaired) electrons. The summed E-state index contributed by atoms with van der Waals surface area (Å²) in [6, 6.07) is 5.38. The van der Waals surface area contributed by atoms with Crippen LogP contribution in [0.4, 0.5) is 0 Å². The maximum absolute atomic E-state index is 12.7. The Hall–Kier alpha value is -1.75. The van der Waals surface area contributed by atoms with Crippen LogP contribution in [0.1, 0.15) is 62.7 Å². The first kappa shape index (κ1) is 18.6. The van der Waals surface area contributed by atoms with Crippen LogP contribution in [0.5, 0.6) is 11.5 Å². The maximum atomic E-state index is 12.7. The number of nitrogens with one attached hydrogen (secondary N) is 1. The summed E-state index contributed by atoms with van der Waals surface area (Å²) < 4.78 is 11.5. The molecule has 0 spiro atoms. The average Bonchev–Trinajstić information content (AvgIpc) is 3.07. The predicted molar refractivity (Wildman–Crippen MR) is 95.7 cm³/mol. The van der Waals surface area contributed by atoms with Crippen molar-refractivity contribution in [3.63, 3.8) is 0 Å². The van der Waals surface area contributed by atoms with Gasteiger partial charge < -0.3 is 20.5 Å². The Morgan fingerprint density at radius 3 is 2.33 bits per heavy atom. The number of amides is 1. The summed E-state index contributed by atoms with van der Waals surface area (Å²) in [4.78, 5) is 12.7. The molecule has 1 saturated carbocycles. The maximum Gasteiger partial charge on any atom is 0.251 e. The highest BCUT2D eigenvalue weighted by atomic mass is 16.5. The summed E-state index contributed by atoms with van der Waals surface area (Å²) in [7, 11) is 0. The molecule has 1 fully saturated rings. The molecule has 0 atom stereocenters. The average molecular weight is 334 g/mol. The molecule has 2 rings (SSSR count). The Morgan fingerprint density at radius 2 is 1.75 bits per heavy atom. The minimum atomic E-state index is -0.251. The van der Waals surface area contributed by atoms with E-state index in [9.17, 15) is 4.79 Å². The van der Waals surface area contributed by atoms with Gasteiger partial charge in [-0.25, -0.2) is 0 Å². The van der Waals surface area contributed by atoms with E-state index in [2.05, 4.69) is 12.2 Å². The third-order valence-electron chi connectivity index (χ3n) is 4.46. The summed E-state index contributed by atoms with van der Waals surface area (Å²) in [6.45, 7) is 5.82. The van der Waals surface area contributed by atoms with Gasteiger partial charge >= 0.3 is 0 Å². The van der Waals surface area contributed by atoms with Crippen LogP contribution in [-0.2, 0) is 0 Å². The highest BCUT2D eigenvalue weighted by Gasteiger charge is 2.34. The quantitative estimate of drug-likeness (QED) is 0.727. The SMILES string of the molecule is CCCOc1ccc(C(=O)NC2(CN)CCCC2)cc1OCCC. The van der Waals surface area contributed by atoms with Gasteiger partial charge in [-0.2, -0.15) is 0 Å². The minimum Gasteiger partial charge on any atom is -0.490 e. The van der Waals surface area contributed by atoms with Crippen LogP contribution < -0.4 is 20.5 Å². The molecule has 24 heavy (non-hydrogen) atoms. The zero-order valence-electron chi connectivity index (χ0n) is 14.9. The van der Waals surface area contributed by atoms with Gasteiger partial charge in [0.15, 0.2) is 11.5 Å². The largest absolute Gasteiger partial charge is 0.490 e. The van der Waals surface area contributed by atoms with E-state index in [1.807, 2.05) is 13.0 Å². The fraction of sp³-hybridized carbons (Fsp3) is 0.632. The Morgan fingerprint density at radius 1 is 1.12 bits per heavy atom. The smallest absolute Gasteiger partial charge is 0.251 e. The van der Waals surface area contributed by atoms with E-state index < -0.39 is 0 Å². The third-order valence-corrected chi connectivity index (χ3v) is 4.46. The minimum absolute atomic E-state index is 0.0919. The van der Waals surface area contributed by atoms with Crippen LogP contribution in [-0.4, -0.2) is 31.2 Å². The topological polar surface area (TPSA) is 73.6 Å².